The zero-order chi connectivity index (χ0) is 13.8. The van der Waals surface area contributed by atoms with Gasteiger partial charge in [-0.25, -0.2) is 15.0 Å². The van der Waals surface area contributed by atoms with Crippen LogP contribution in [0.3, 0.4) is 0 Å². The lowest BCUT2D eigenvalue weighted by Gasteiger charge is -2.21. The third-order valence-electron chi connectivity index (χ3n) is 2.95. The lowest BCUT2D eigenvalue weighted by atomic mass is 9.91. The standard InChI is InChI=1S/C13H12N4OS/c1-8-10(6-14)12(18)17-9(2)11(8)7-19-13-15-4-3-5-16-13/h3-5,11H,7H2,1-2H3. The second-order valence-electron chi connectivity index (χ2n) is 4.12. The van der Waals surface area contributed by atoms with Gasteiger partial charge in [-0.3, -0.25) is 4.79 Å². The van der Waals surface area contributed by atoms with Crippen molar-refractivity contribution in [3.05, 3.63) is 29.6 Å². The Labute approximate surface area is 115 Å². The number of nitriles is 1. The van der Waals surface area contributed by atoms with Crippen LogP contribution in [-0.2, 0) is 4.79 Å². The van der Waals surface area contributed by atoms with Crippen molar-refractivity contribution in [3.63, 3.8) is 0 Å². The maximum Gasteiger partial charge on any atom is 0.287 e. The molecule has 1 aromatic heterocycles. The van der Waals surface area contributed by atoms with E-state index in [-0.39, 0.29) is 11.5 Å². The Morgan fingerprint density at radius 3 is 2.68 bits per heavy atom. The zero-order valence-electron chi connectivity index (χ0n) is 10.6. The minimum absolute atomic E-state index is 0.0128. The van der Waals surface area contributed by atoms with Gasteiger partial charge in [0, 0.05) is 29.8 Å². The fraction of sp³-hybridized carbons (Fsp3) is 0.308. The molecule has 1 amide bonds. The van der Waals surface area contributed by atoms with Gasteiger partial charge in [0.05, 0.1) is 0 Å². The van der Waals surface area contributed by atoms with Crippen LogP contribution in [0.4, 0.5) is 0 Å². The summed E-state index contributed by atoms with van der Waals surface area (Å²) in [6.07, 6.45) is 3.37. The summed E-state index contributed by atoms with van der Waals surface area (Å²) in [5.74, 6) is 0.222. The number of allylic oxidation sites excluding steroid dienone is 1. The molecule has 0 N–H and O–H groups in total. The number of hydrogen-bond donors (Lipinski definition) is 0. The second kappa shape index (κ2) is 5.76. The fourth-order valence-corrected chi connectivity index (χ4v) is 2.93. The predicted molar refractivity (Wildman–Crippen MR) is 72.7 cm³/mol. The SMILES string of the molecule is CC1=NC(=O)C(C#N)=C(C)C1CSc1ncccn1. The summed E-state index contributed by atoms with van der Waals surface area (Å²) < 4.78 is 0. The van der Waals surface area contributed by atoms with Crippen LogP contribution in [0.2, 0.25) is 0 Å². The first kappa shape index (κ1) is 13.4. The first-order valence-electron chi connectivity index (χ1n) is 5.73. The van der Waals surface area contributed by atoms with Gasteiger partial charge < -0.3 is 0 Å². The van der Waals surface area contributed by atoms with Gasteiger partial charge in [-0.15, -0.1) is 0 Å². The van der Waals surface area contributed by atoms with Crippen molar-refractivity contribution in [2.24, 2.45) is 10.9 Å². The van der Waals surface area contributed by atoms with E-state index in [9.17, 15) is 4.79 Å². The van der Waals surface area contributed by atoms with E-state index in [1.807, 2.05) is 19.9 Å². The average Bonchev–Trinajstić information content (AvgIpc) is 2.39. The molecule has 0 saturated heterocycles. The molecular formula is C13H12N4OS. The minimum Gasteiger partial charge on any atom is -0.266 e. The molecule has 1 aliphatic heterocycles. The number of dihydropyridines is 1. The van der Waals surface area contributed by atoms with Crippen molar-refractivity contribution >= 4 is 23.4 Å². The highest BCUT2D eigenvalue weighted by atomic mass is 32.2. The van der Waals surface area contributed by atoms with Gasteiger partial charge in [-0.05, 0) is 25.5 Å². The molecule has 0 radical (unpaired) electrons. The zero-order valence-corrected chi connectivity index (χ0v) is 11.4. The molecule has 0 aromatic carbocycles. The molecule has 5 nitrogen and oxygen atoms in total. The van der Waals surface area contributed by atoms with Crippen LogP contribution in [0.5, 0.6) is 0 Å². The summed E-state index contributed by atoms with van der Waals surface area (Å²) >= 11 is 1.49. The number of carbonyl (C=O) groups is 1. The molecule has 96 valence electrons. The van der Waals surface area contributed by atoms with Crippen LogP contribution in [-0.4, -0.2) is 27.3 Å². The number of aliphatic imine (C=N–C) groups is 1. The van der Waals surface area contributed by atoms with E-state index in [0.717, 1.165) is 11.3 Å². The second-order valence-corrected chi connectivity index (χ2v) is 5.11. The maximum absolute atomic E-state index is 11.6. The van der Waals surface area contributed by atoms with Crippen LogP contribution < -0.4 is 0 Å². The first-order chi connectivity index (χ1) is 9.13. The Hall–Kier alpha value is -2.00. The molecule has 0 aliphatic carbocycles. The van der Waals surface area contributed by atoms with Crippen LogP contribution >= 0.6 is 11.8 Å². The third kappa shape index (κ3) is 2.88. The monoisotopic (exact) mass is 272 g/mol. The maximum atomic E-state index is 11.6. The van der Waals surface area contributed by atoms with Gasteiger partial charge in [0.1, 0.15) is 11.6 Å². The van der Waals surface area contributed by atoms with Gasteiger partial charge in [0.2, 0.25) is 0 Å². The van der Waals surface area contributed by atoms with Crippen molar-refractivity contribution in [3.8, 4) is 6.07 Å². The van der Waals surface area contributed by atoms with E-state index < -0.39 is 5.91 Å². The molecule has 1 unspecified atom stereocenters. The summed E-state index contributed by atoms with van der Waals surface area (Å²) in [5.41, 5.74) is 1.68. The molecule has 1 atom stereocenters. The van der Waals surface area contributed by atoms with Gasteiger partial charge in [-0.1, -0.05) is 11.8 Å². The van der Waals surface area contributed by atoms with Gasteiger partial charge >= 0.3 is 0 Å². The van der Waals surface area contributed by atoms with Crippen LogP contribution in [0.1, 0.15) is 13.8 Å². The number of thioether (sulfide) groups is 1. The smallest absolute Gasteiger partial charge is 0.266 e. The third-order valence-corrected chi connectivity index (χ3v) is 3.92. The summed E-state index contributed by atoms with van der Waals surface area (Å²) in [6.45, 7) is 3.62. The lowest BCUT2D eigenvalue weighted by Crippen LogP contribution is -2.24. The van der Waals surface area contributed by atoms with Gasteiger partial charge in [-0.2, -0.15) is 5.26 Å². The number of aromatic nitrogens is 2. The molecule has 0 fully saturated rings. The highest BCUT2D eigenvalue weighted by Gasteiger charge is 2.27. The molecule has 0 saturated carbocycles. The van der Waals surface area contributed by atoms with Gasteiger partial charge in [0.25, 0.3) is 5.91 Å². The number of hydrogen-bond acceptors (Lipinski definition) is 5. The number of nitrogens with zero attached hydrogens (tertiary/aromatic N) is 4. The van der Waals surface area contributed by atoms with Crippen LogP contribution in [0.25, 0.3) is 0 Å². The molecule has 1 aliphatic rings. The fourth-order valence-electron chi connectivity index (χ4n) is 1.85. The number of amides is 1. The van der Waals surface area contributed by atoms with E-state index in [1.54, 1.807) is 18.5 Å². The number of rotatable bonds is 3. The molecule has 1 aromatic rings. The van der Waals surface area contributed by atoms with Crippen molar-refractivity contribution in [2.45, 2.75) is 19.0 Å². The Bertz CT molecular complexity index is 601. The average molecular weight is 272 g/mol. The van der Waals surface area contributed by atoms with Crippen molar-refractivity contribution in [2.75, 3.05) is 5.75 Å². The van der Waals surface area contributed by atoms with Crippen molar-refractivity contribution < 1.29 is 4.79 Å². The lowest BCUT2D eigenvalue weighted by molar-refractivity contribution is -0.114. The summed E-state index contributed by atoms with van der Waals surface area (Å²) in [4.78, 5) is 23.8. The van der Waals surface area contributed by atoms with E-state index >= 15 is 0 Å². The Morgan fingerprint density at radius 1 is 1.37 bits per heavy atom. The summed E-state index contributed by atoms with van der Waals surface area (Å²) in [7, 11) is 0. The topological polar surface area (TPSA) is 79.0 Å². The van der Waals surface area contributed by atoms with E-state index in [2.05, 4.69) is 15.0 Å². The number of carbonyl (C=O) groups excluding carboxylic acids is 1. The van der Waals surface area contributed by atoms with Crippen molar-refractivity contribution in [1.29, 1.82) is 5.26 Å². The molecule has 2 heterocycles. The molecule has 0 bridgehead atoms. The van der Waals surface area contributed by atoms with E-state index in [0.29, 0.717) is 10.9 Å². The Balaban J connectivity index is 2.16. The largest absolute Gasteiger partial charge is 0.287 e. The highest BCUT2D eigenvalue weighted by molar-refractivity contribution is 7.99. The van der Waals surface area contributed by atoms with Crippen LogP contribution in [0.15, 0.2) is 39.8 Å². The summed E-state index contributed by atoms with van der Waals surface area (Å²) in [6, 6.07) is 3.69. The van der Waals surface area contributed by atoms with Crippen molar-refractivity contribution in [1.82, 2.24) is 9.97 Å². The Morgan fingerprint density at radius 2 is 2.05 bits per heavy atom. The molecule has 0 spiro atoms. The van der Waals surface area contributed by atoms with E-state index in [4.69, 9.17) is 5.26 Å². The van der Waals surface area contributed by atoms with E-state index in [1.165, 1.54) is 11.8 Å². The highest BCUT2D eigenvalue weighted by Crippen LogP contribution is 2.27. The first-order valence-corrected chi connectivity index (χ1v) is 6.72. The molecule has 6 heteroatoms. The quantitative estimate of drug-likeness (QED) is 0.621. The minimum atomic E-state index is -0.435. The van der Waals surface area contributed by atoms with Gasteiger partial charge in [0.15, 0.2) is 5.16 Å². The molecule has 2 rings (SSSR count). The molecular weight excluding hydrogens is 260 g/mol. The Kier molecular flexibility index (Phi) is 4.07. The summed E-state index contributed by atoms with van der Waals surface area (Å²) in [5, 5.41) is 9.67. The normalized spacial score (nSPS) is 19.1. The predicted octanol–water partition coefficient (Wildman–Crippen LogP) is 2.03. The van der Waals surface area contributed by atoms with Crippen LogP contribution in [0, 0.1) is 17.2 Å². The molecule has 19 heavy (non-hydrogen) atoms.